The number of hydrogen-bond donors (Lipinski definition) is 1. The van der Waals surface area contributed by atoms with Crippen molar-refractivity contribution in [3.8, 4) is 11.8 Å². The van der Waals surface area contributed by atoms with Crippen molar-refractivity contribution < 1.29 is 14.6 Å². The van der Waals surface area contributed by atoms with E-state index in [0.29, 0.717) is 16.7 Å². The molecule has 0 unspecified atom stereocenters. The molecule has 0 bridgehead atoms. The summed E-state index contributed by atoms with van der Waals surface area (Å²) in [5, 5.41) is 13.8. The molecular weight excluding hydrogens is 260 g/mol. The van der Waals surface area contributed by atoms with Gasteiger partial charge in [0.25, 0.3) is 0 Å². The van der Waals surface area contributed by atoms with E-state index in [9.17, 15) is 4.79 Å². The lowest BCUT2D eigenvalue weighted by Crippen LogP contribution is -2.01. The standard InChI is InChI=1S/C13H10N4O3/c1-17-7-14-13(16-17)20-11-6-10(12(18)19)15-9-5-3-2-4-8(9)11/h2-7H,1H3,(H,18,19). The highest BCUT2D eigenvalue weighted by atomic mass is 16.5. The lowest BCUT2D eigenvalue weighted by Gasteiger charge is -2.06. The molecule has 0 aliphatic heterocycles. The van der Waals surface area contributed by atoms with Crippen LogP contribution in [-0.2, 0) is 7.05 Å². The van der Waals surface area contributed by atoms with E-state index in [4.69, 9.17) is 9.84 Å². The molecule has 3 aromatic rings. The van der Waals surface area contributed by atoms with Crippen molar-refractivity contribution in [1.29, 1.82) is 0 Å². The molecule has 2 heterocycles. The summed E-state index contributed by atoms with van der Waals surface area (Å²) in [4.78, 5) is 19.1. The van der Waals surface area contributed by atoms with Crippen LogP contribution in [0, 0.1) is 0 Å². The average Bonchev–Trinajstić information content (AvgIpc) is 2.84. The number of para-hydroxylation sites is 1. The number of fused-ring (bicyclic) bond motifs is 1. The highest BCUT2D eigenvalue weighted by Gasteiger charge is 2.13. The zero-order valence-corrected chi connectivity index (χ0v) is 10.5. The van der Waals surface area contributed by atoms with Gasteiger partial charge in [0.2, 0.25) is 0 Å². The molecule has 0 saturated carbocycles. The SMILES string of the molecule is Cn1cnc(Oc2cc(C(=O)O)nc3ccccc23)n1. The molecule has 0 radical (unpaired) electrons. The van der Waals surface area contributed by atoms with Crippen LogP contribution in [0.3, 0.4) is 0 Å². The summed E-state index contributed by atoms with van der Waals surface area (Å²) in [6.07, 6.45) is 1.50. The minimum atomic E-state index is -1.12. The van der Waals surface area contributed by atoms with Crippen LogP contribution in [0.25, 0.3) is 10.9 Å². The van der Waals surface area contributed by atoms with E-state index in [2.05, 4.69) is 15.1 Å². The molecule has 0 saturated heterocycles. The lowest BCUT2D eigenvalue weighted by molar-refractivity contribution is 0.0690. The third-order valence-electron chi connectivity index (χ3n) is 2.68. The number of aromatic carboxylic acids is 1. The molecule has 0 amide bonds. The van der Waals surface area contributed by atoms with Crippen LogP contribution >= 0.6 is 0 Å². The van der Waals surface area contributed by atoms with Crippen molar-refractivity contribution in [2.75, 3.05) is 0 Å². The van der Waals surface area contributed by atoms with Gasteiger partial charge in [-0.1, -0.05) is 12.1 Å². The fourth-order valence-corrected chi connectivity index (χ4v) is 1.80. The number of carboxylic acids is 1. The van der Waals surface area contributed by atoms with Crippen LogP contribution in [0.1, 0.15) is 10.5 Å². The Labute approximate surface area is 113 Å². The molecule has 1 aromatic carbocycles. The number of carbonyl (C=O) groups is 1. The predicted octanol–water partition coefficient (Wildman–Crippen LogP) is 1.85. The van der Waals surface area contributed by atoms with E-state index in [-0.39, 0.29) is 11.7 Å². The molecule has 0 aliphatic rings. The summed E-state index contributed by atoms with van der Waals surface area (Å²) in [5.74, 6) is -0.756. The van der Waals surface area contributed by atoms with Gasteiger partial charge in [-0.3, -0.25) is 4.68 Å². The summed E-state index contributed by atoms with van der Waals surface area (Å²) >= 11 is 0. The zero-order valence-electron chi connectivity index (χ0n) is 10.5. The highest BCUT2D eigenvalue weighted by Crippen LogP contribution is 2.28. The molecule has 20 heavy (non-hydrogen) atoms. The first-order valence-corrected chi connectivity index (χ1v) is 5.80. The fraction of sp³-hybridized carbons (Fsp3) is 0.0769. The van der Waals surface area contributed by atoms with Crippen LogP contribution < -0.4 is 4.74 Å². The van der Waals surface area contributed by atoms with Gasteiger partial charge in [0.1, 0.15) is 12.1 Å². The number of hydrogen-bond acceptors (Lipinski definition) is 5. The Morgan fingerprint density at radius 3 is 2.85 bits per heavy atom. The van der Waals surface area contributed by atoms with E-state index in [0.717, 1.165) is 0 Å². The van der Waals surface area contributed by atoms with Gasteiger partial charge in [-0.2, -0.15) is 4.98 Å². The van der Waals surface area contributed by atoms with Crippen LogP contribution in [-0.4, -0.2) is 30.8 Å². The van der Waals surface area contributed by atoms with Gasteiger partial charge >= 0.3 is 12.0 Å². The molecule has 1 N–H and O–H groups in total. The molecular formula is C13H10N4O3. The van der Waals surface area contributed by atoms with Gasteiger partial charge < -0.3 is 9.84 Å². The number of aromatic nitrogens is 4. The molecule has 0 aliphatic carbocycles. The van der Waals surface area contributed by atoms with Crippen molar-refractivity contribution in [3.05, 3.63) is 42.4 Å². The topological polar surface area (TPSA) is 90.1 Å². The van der Waals surface area contributed by atoms with Crippen molar-refractivity contribution >= 4 is 16.9 Å². The molecule has 3 rings (SSSR count). The summed E-state index contributed by atoms with van der Waals surface area (Å²) in [5.41, 5.74) is 0.452. The summed E-state index contributed by atoms with van der Waals surface area (Å²) in [6.45, 7) is 0. The first-order valence-electron chi connectivity index (χ1n) is 5.80. The largest absolute Gasteiger partial charge is 0.477 e. The summed E-state index contributed by atoms with van der Waals surface area (Å²) < 4.78 is 7.05. The number of rotatable bonds is 3. The Kier molecular flexibility index (Phi) is 2.79. The maximum absolute atomic E-state index is 11.1. The monoisotopic (exact) mass is 270 g/mol. The van der Waals surface area contributed by atoms with Crippen molar-refractivity contribution in [2.45, 2.75) is 0 Å². The third-order valence-corrected chi connectivity index (χ3v) is 2.68. The Balaban J connectivity index is 2.14. The Hall–Kier alpha value is -2.96. The summed E-state index contributed by atoms with van der Waals surface area (Å²) in [6, 6.07) is 8.64. The van der Waals surface area contributed by atoms with Crippen LogP contribution in [0.15, 0.2) is 36.7 Å². The quantitative estimate of drug-likeness (QED) is 0.781. The Bertz CT molecular complexity index is 797. The molecule has 100 valence electrons. The maximum Gasteiger partial charge on any atom is 0.354 e. The number of carboxylic acid groups (broad SMARTS) is 1. The number of nitrogens with zero attached hydrogens (tertiary/aromatic N) is 4. The first-order chi connectivity index (χ1) is 9.63. The number of benzene rings is 1. The van der Waals surface area contributed by atoms with Crippen LogP contribution in [0.4, 0.5) is 0 Å². The van der Waals surface area contributed by atoms with Crippen molar-refractivity contribution in [3.63, 3.8) is 0 Å². The van der Waals surface area contributed by atoms with E-state index < -0.39 is 5.97 Å². The molecule has 0 fully saturated rings. The molecule has 2 aromatic heterocycles. The van der Waals surface area contributed by atoms with Gasteiger partial charge in [-0.05, 0) is 12.1 Å². The molecule has 0 spiro atoms. The van der Waals surface area contributed by atoms with Crippen LogP contribution in [0.5, 0.6) is 11.8 Å². The van der Waals surface area contributed by atoms with Crippen molar-refractivity contribution in [1.82, 2.24) is 19.7 Å². The zero-order chi connectivity index (χ0) is 14.1. The number of ether oxygens (including phenoxy) is 1. The molecule has 7 nitrogen and oxygen atoms in total. The smallest absolute Gasteiger partial charge is 0.354 e. The molecule has 0 atom stereocenters. The minimum Gasteiger partial charge on any atom is -0.477 e. The lowest BCUT2D eigenvalue weighted by atomic mass is 10.2. The van der Waals surface area contributed by atoms with E-state index in [1.54, 1.807) is 25.2 Å². The maximum atomic E-state index is 11.1. The second-order valence-corrected chi connectivity index (χ2v) is 4.13. The Morgan fingerprint density at radius 1 is 1.35 bits per heavy atom. The van der Waals surface area contributed by atoms with E-state index in [1.165, 1.54) is 17.1 Å². The number of aryl methyl sites for hydroxylation is 1. The number of pyridine rings is 1. The van der Waals surface area contributed by atoms with Gasteiger partial charge in [0.05, 0.1) is 5.52 Å². The van der Waals surface area contributed by atoms with Gasteiger partial charge in [-0.15, -0.1) is 5.10 Å². The Morgan fingerprint density at radius 2 is 2.15 bits per heavy atom. The third kappa shape index (κ3) is 2.16. The molecule has 7 heteroatoms. The van der Waals surface area contributed by atoms with E-state index >= 15 is 0 Å². The second-order valence-electron chi connectivity index (χ2n) is 4.13. The van der Waals surface area contributed by atoms with E-state index in [1.807, 2.05) is 6.07 Å². The minimum absolute atomic E-state index is 0.0883. The highest BCUT2D eigenvalue weighted by molar-refractivity contribution is 5.93. The van der Waals surface area contributed by atoms with Crippen molar-refractivity contribution in [2.24, 2.45) is 7.05 Å². The predicted molar refractivity (Wildman–Crippen MR) is 69.8 cm³/mol. The normalized spacial score (nSPS) is 10.7. The first kappa shape index (κ1) is 12.1. The second kappa shape index (κ2) is 4.61. The fourth-order valence-electron chi connectivity index (χ4n) is 1.80. The van der Waals surface area contributed by atoms with Gasteiger partial charge in [0, 0.05) is 18.5 Å². The van der Waals surface area contributed by atoms with Gasteiger partial charge in [-0.25, -0.2) is 9.78 Å². The summed E-state index contributed by atoms with van der Waals surface area (Å²) in [7, 11) is 1.72. The average molecular weight is 270 g/mol. The van der Waals surface area contributed by atoms with Gasteiger partial charge in [0.15, 0.2) is 5.69 Å². The van der Waals surface area contributed by atoms with Crippen LogP contribution in [0.2, 0.25) is 0 Å².